The molecule has 0 saturated heterocycles. The fourth-order valence-electron chi connectivity index (χ4n) is 4.42. The Labute approximate surface area is 182 Å². The summed E-state index contributed by atoms with van der Waals surface area (Å²) in [5, 5.41) is 7.13. The van der Waals surface area contributed by atoms with Crippen LogP contribution in [0.3, 0.4) is 0 Å². The highest BCUT2D eigenvalue weighted by Gasteiger charge is 2.39. The van der Waals surface area contributed by atoms with Crippen molar-refractivity contribution < 1.29 is 17.6 Å². The smallest absolute Gasteiger partial charge is 0.362 e. The molecular formula is C22H22F4N6. The number of benzene rings is 2. The van der Waals surface area contributed by atoms with E-state index in [0.29, 0.717) is 12.4 Å². The fraction of sp³-hybridized carbons (Fsp3) is 0.364. The van der Waals surface area contributed by atoms with Crippen molar-refractivity contribution in [3.63, 3.8) is 0 Å². The molecule has 0 aliphatic carbocycles. The Kier molecular flexibility index (Phi) is 5.04. The predicted octanol–water partition coefficient (Wildman–Crippen LogP) is 4.04. The van der Waals surface area contributed by atoms with Crippen molar-refractivity contribution in [2.24, 2.45) is 0 Å². The lowest BCUT2D eigenvalue weighted by molar-refractivity contribution is -0.147. The summed E-state index contributed by atoms with van der Waals surface area (Å²) < 4.78 is 54.4. The molecule has 0 radical (unpaired) electrons. The van der Waals surface area contributed by atoms with Gasteiger partial charge in [0.1, 0.15) is 5.82 Å². The molecule has 0 spiro atoms. The molecule has 5 rings (SSSR count). The molecule has 3 heterocycles. The molecule has 0 atom stereocenters. The second kappa shape index (κ2) is 7.77. The van der Waals surface area contributed by atoms with Gasteiger partial charge in [0.15, 0.2) is 5.82 Å². The van der Waals surface area contributed by atoms with Crippen LogP contribution in [0.15, 0.2) is 42.5 Å². The summed E-state index contributed by atoms with van der Waals surface area (Å²) in [5.74, 6) is -0.924. The first-order valence-electron chi connectivity index (χ1n) is 10.4. The average Bonchev–Trinajstić information content (AvgIpc) is 3.11. The van der Waals surface area contributed by atoms with Gasteiger partial charge in [-0.25, -0.2) is 4.39 Å². The molecule has 0 N–H and O–H groups in total. The van der Waals surface area contributed by atoms with Crippen molar-refractivity contribution in [2.75, 3.05) is 36.5 Å². The molecule has 6 nitrogen and oxygen atoms in total. The number of anilines is 3. The van der Waals surface area contributed by atoms with Crippen molar-refractivity contribution >= 4 is 17.1 Å². The van der Waals surface area contributed by atoms with E-state index in [1.165, 1.54) is 12.1 Å². The second-order valence-corrected chi connectivity index (χ2v) is 8.19. The van der Waals surface area contributed by atoms with E-state index in [0.717, 1.165) is 46.8 Å². The maximum Gasteiger partial charge on any atom is 0.451 e. The van der Waals surface area contributed by atoms with Crippen LogP contribution >= 0.6 is 0 Å². The Morgan fingerprint density at radius 1 is 0.875 bits per heavy atom. The first-order valence-corrected chi connectivity index (χ1v) is 10.4. The third-order valence-corrected chi connectivity index (χ3v) is 5.99. The zero-order valence-corrected chi connectivity index (χ0v) is 17.5. The van der Waals surface area contributed by atoms with E-state index in [1.54, 1.807) is 6.07 Å². The van der Waals surface area contributed by atoms with Crippen molar-refractivity contribution in [1.29, 1.82) is 0 Å². The molecule has 0 bridgehead atoms. The Bertz CT molecular complexity index is 1140. The van der Waals surface area contributed by atoms with Crippen LogP contribution in [-0.4, -0.2) is 46.3 Å². The lowest BCUT2D eigenvalue weighted by atomic mass is 10.1. The molecule has 0 fully saturated rings. The van der Waals surface area contributed by atoms with Crippen LogP contribution in [0.1, 0.15) is 17.2 Å². The van der Waals surface area contributed by atoms with E-state index in [1.807, 2.05) is 30.1 Å². The molecular weight excluding hydrogens is 424 g/mol. The minimum Gasteiger partial charge on any atom is -0.362 e. The van der Waals surface area contributed by atoms with Crippen LogP contribution in [0.2, 0.25) is 0 Å². The topological polar surface area (TPSA) is 40.4 Å². The minimum absolute atomic E-state index is 0.170. The Morgan fingerprint density at radius 2 is 1.72 bits per heavy atom. The standard InChI is InChI=1S/C22H22F4N6/c1-29-7-9-31(18-4-2-3-16(23)12-18)19-6-5-17(11-15(19)13-29)30-8-10-32-20(14-30)27-28-21(32)22(24,25)26/h2-6,11-12H,7-10,13-14H2,1H3. The molecule has 0 amide bonds. The quantitative estimate of drug-likeness (QED) is 0.556. The minimum atomic E-state index is -4.51. The van der Waals surface area contributed by atoms with Crippen LogP contribution in [0, 0.1) is 5.82 Å². The summed E-state index contributed by atoms with van der Waals surface area (Å²) in [7, 11) is 2.04. The van der Waals surface area contributed by atoms with Gasteiger partial charge in [0.25, 0.3) is 0 Å². The highest BCUT2D eigenvalue weighted by Crippen LogP contribution is 2.36. The van der Waals surface area contributed by atoms with Crippen molar-refractivity contribution in [3.05, 3.63) is 65.5 Å². The van der Waals surface area contributed by atoms with Crippen LogP contribution < -0.4 is 9.80 Å². The van der Waals surface area contributed by atoms with Crippen LogP contribution in [0.5, 0.6) is 0 Å². The van der Waals surface area contributed by atoms with Gasteiger partial charge < -0.3 is 19.3 Å². The highest BCUT2D eigenvalue weighted by molar-refractivity contribution is 5.70. The third kappa shape index (κ3) is 3.79. The Morgan fingerprint density at radius 3 is 2.50 bits per heavy atom. The first kappa shape index (κ1) is 20.7. The maximum absolute atomic E-state index is 13.9. The molecule has 32 heavy (non-hydrogen) atoms. The zero-order valence-electron chi connectivity index (χ0n) is 17.5. The summed E-state index contributed by atoms with van der Waals surface area (Å²) in [6.45, 7) is 3.11. The fourth-order valence-corrected chi connectivity index (χ4v) is 4.42. The van der Waals surface area contributed by atoms with Gasteiger partial charge in [-0.15, -0.1) is 10.2 Å². The molecule has 2 aromatic carbocycles. The number of alkyl halides is 3. The van der Waals surface area contributed by atoms with Gasteiger partial charge >= 0.3 is 6.18 Å². The second-order valence-electron chi connectivity index (χ2n) is 8.19. The van der Waals surface area contributed by atoms with Gasteiger partial charge in [-0.2, -0.15) is 13.2 Å². The highest BCUT2D eigenvalue weighted by atomic mass is 19.4. The number of hydrogen-bond acceptors (Lipinski definition) is 5. The maximum atomic E-state index is 13.9. The van der Waals surface area contributed by atoms with Crippen LogP contribution in [0.4, 0.5) is 34.6 Å². The Balaban J connectivity index is 1.46. The van der Waals surface area contributed by atoms with Crippen LogP contribution in [0.25, 0.3) is 0 Å². The molecule has 1 aromatic heterocycles. The van der Waals surface area contributed by atoms with E-state index in [4.69, 9.17) is 0 Å². The van der Waals surface area contributed by atoms with E-state index >= 15 is 0 Å². The third-order valence-electron chi connectivity index (χ3n) is 5.99. The summed E-state index contributed by atoms with van der Waals surface area (Å²) in [4.78, 5) is 6.32. The van der Waals surface area contributed by atoms with Crippen molar-refractivity contribution in [3.8, 4) is 0 Å². The van der Waals surface area contributed by atoms with Gasteiger partial charge in [0.05, 0.1) is 6.54 Å². The number of aromatic nitrogens is 3. The SMILES string of the molecule is CN1CCN(c2cccc(F)c2)c2ccc(N3CCn4c(nnc4C(F)(F)F)C3)cc2C1. The lowest BCUT2D eigenvalue weighted by Crippen LogP contribution is -2.35. The summed E-state index contributed by atoms with van der Waals surface area (Å²) in [6, 6.07) is 12.6. The number of hydrogen-bond donors (Lipinski definition) is 0. The number of nitrogens with zero attached hydrogens (tertiary/aromatic N) is 6. The van der Waals surface area contributed by atoms with E-state index in [-0.39, 0.29) is 18.9 Å². The summed E-state index contributed by atoms with van der Waals surface area (Å²) >= 11 is 0. The largest absolute Gasteiger partial charge is 0.451 e. The first-order chi connectivity index (χ1) is 15.3. The molecule has 0 unspecified atom stereocenters. The molecule has 2 aliphatic heterocycles. The average molecular weight is 446 g/mol. The number of likely N-dealkylation sites (N-methyl/N-ethyl adjacent to an activating group) is 1. The zero-order chi connectivity index (χ0) is 22.5. The number of rotatable bonds is 2. The van der Waals surface area contributed by atoms with E-state index in [9.17, 15) is 17.6 Å². The monoisotopic (exact) mass is 446 g/mol. The molecule has 3 aromatic rings. The van der Waals surface area contributed by atoms with Crippen molar-refractivity contribution in [1.82, 2.24) is 19.7 Å². The molecule has 0 saturated carbocycles. The van der Waals surface area contributed by atoms with Gasteiger partial charge in [-0.3, -0.25) is 0 Å². The van der Waals surface area contributed by atoms with E-state index < -0.39 is 12.0 Å². The summed E-state index contributed by atoms with van der Waals surface area (Å²) in [5.41, 5.74) is 3.79. The number of halogens is 4. The van der Waals surface area contributed by atoms with Gasteiger partial charge in [0.2, 0.25) is 5.82 Å². The molecule has 2 aliphatic rings. The normalized spacial score (nSPS) is 17.2. The molecule has 10 heteroatoms. The Hall–Kier alpha value is -3.14. The lowest BCUT2D eigenvalue weighted by Gasteiger charge is -2.31. The van der Waals surface area contributed by atoms with E-state index in [2.05, 4.69) is 26.1 Å². The predicted molar refractivity (Wildman–Crippen MR) is 112 cm³/mol. The van der Waals surface area contributed by atoms with Crippen molar-refractivity contribution in [2.45, 2.75) is 25.8 Å². The number of fused-ring (bicyclic) bond motifs is 2. The summed E-state index contributed by atoms with van der Waals surface area (Å²) in [6.07, 6.45) is -4.51. The molecule has 168 valence electrons. The van der Waals surface area contributed by atoms with Gasteiger partial charge in [-0.05, 0) is 49.0 Å². The van der Waals surface area contributed by atoms with Gasteiger partial charge in [-0.1, -0.05) is 6.07 Å². The van der Waals surface area contributed by atoms with Gasteiger partial charge in [0, 0.05) is 49.8 Å². The van der Waals surface area contributed by atoms with Crippen LogP contribution in [-0.2, 0) is 25.8 Å².